The minimum atomic E-state index is -0.931. The van der Waals surface area contributed by atoms with Gasteiger partial charge in [0.05, 0.1) is 13.1 Å². The molecule has 0 fully saturated rings. The quantitative estimate of drug-likeness (QED) is 0.682. The van der Waals surface area contributed by atoms with E-state index in [1.807, 2.05) is 0 Å². The fraction of sp³-hybridized carbons (Fsp3) is 0.444. The Morgan fingerprint density at radius 2 is 2.40 bits per heavy atom. The lowest BCUT2D eigenvalue weighted by molar-refractivity contribution is -0.138. The highest BCUT2D eigenvalue weighted by molar-refractivity contribution is 5.69. The fourth-order valence-corrected chi connectivity index (χ4v) is 1.09. The lowest BCUT2D eigenvalue weighted by Crippen LogP contribution is -2.30. The Morgan fingerprint density at radius 1 is 1.67 bits per heavy atom. The van der Waals surface area contributed by atoms with Crippen LogP contribution < -0.4 is 0 Å². The van der Waals surface area contributed by atoms with Gasteiger partial charge in [-0.3, -0.25) is 9.69 Å². The number of aliphatic carboxylic acids is 1. The van der Waals surface area contributed by atoms with Crippen LogP contribution in [-0.2, 0) is 11.3 Å². The average molecular weight is 209 g/mol. The second kappa shape index (κ2) is 5.12. The third-order valence-electron chi connectivity index (χ3n) is 1.79. The van der Waals surface area contributed by atoms with Crippen LogP contribution in [0.1, 0.15) is 11.4 Å². The van der Waals surface area contributed by atoms with E-state index in [2.05, 4.69) is 20.9 Å². The van der Waals surface area contributed by atoms with Crippen molar-refractivity contribution in [2.75, 3.05) is 13.1 Å². The van der Waals surface area contributed by atoms with E-state index >= 15 is 0 Å². The molecule has 1 rings (SSSR count). The maximum atomic E-state index is 10.5. The van der Waals surface area contributed by atoms with Crippen molar-refractivity contribution >= 4 is 5.97 Å². The van der Waals surface area contributed by atoms with Crippen LogP contribution in [0, 0.1) is 19.3 Å². The Kier molecular flexibility index (Phi) is 3.83. The second-order valence-electron chi connectivity index (χ2n) is 3.04. The van der Waals surface area contributed by atoms with Crippen molar-refractivity contribution in [3.05, 3.63) is 11.4 Å². The molecule has 0 spiro atoms. The molecule has 0 radical (unpaired) electrons. The number of carboxylic acids is 1. The van der Waals surface area contributed by atoms with Gasteiger partial charge in [-0.1, -0.05) is 16.2 Å². The van der Waals surface area contributed by atoms with Gasteiger partial charge in [0.2, 0.25) is 0 Å². The number of hydrogen-bond donors (Lipinski definition) is 1. The first-order valence-electron chi connectivity index (χ1n) is 4.29. The van der Waals surface area contributed by atoms with Gasteiger partial charge in [0.15, 0.2) is 0 Å². The van der Waals surface area contributed by atoms with E-state index < -0.39 is 5.97 Å². The molecule has 80 valence electrons. The largest absolute Gasteiger partial charge is 0.480 e. The molecule has 0 saturated heterocycles. The summed E-state index contributed by atoms with van der Waals surface area (Å²) in [6.45, 7) is 2.18. The number of aryl methyl sites for hydroxylation is 1. The Hall–Kier alpha value is -1.87. The maximum Gasteiger partial charge on any atom is 0.317 e. The number of hydrogen-bond acceptors (Lipinski definition) is 5. The molecule has 0 aliphatic carbocycles. The molecule has 0 amide bonds. The van der Waals surface area contributed by atoms with Crippen molar-refractivity contribution < 1.29 is 14.5 Å². The van der Waals surface area contributed by atoms with Crippen LogP contribution in [0.4, 0.5) is 0 Å². The highest BCUT2D eigenvalue weighted by Crippen LogP contribution is 2.04. The number of rotatable bonds is 5. The average Bonchev–Trinajstić information content (AvgIpc) is 2.51. The lowest BCUT2D eigenvalue weighted by Gasteiger charge is -2.15. The minimum Gasteiger partial charge on any atom is -0.480 e. The van der Waals surface area contributed by atoms with Crippen LogP contribution in [0.2, 0.25) is 0 Å². The summed E-state index contributed by atoms with van der Waals surface area (Å²) in [4.78, 5) is 12.1. The maximum absolute atomic E-state index is 10.5. The first-order valence-corrected chi connectivity index (χ1v) is 4.29. The van der Waals surface area contributed by atoms with E-state index in [0.29, 0.717) is 17.9 Å². The monoisotopic (exact) mass is 209 g/mol. The van der Waals surface area contributed by atoms with Crippen molar-refractivity contribution in [2.24, 2.45) is 0 Å². The van der Waals surface area contributed by atoms with Crippen LogP contribution in [-0.4, -0.2) is 39.4 Å². The molecule has 0 unspecified atom stereocenters. The van der Waals surface area contributed by atoms with Gasteiger partial charge in [-0.25, -0.2) is 4.63 Å². The van der Waals surface area contributed by atoms with Gasteiger partial charge in [-0.2, -0.15) is 0 Å². The van der Waals surface area contributed by atoms with Crippen molar-refractivity contribution in [3.63, 3.8) is 0 Å². The summed E-state index contributed by atoms with van der Waals surface area (Å²) in [5, 5.41) is 15.9. The predicted molar refractivity (Wildman–Crippen MR) is 50.8 cm³/mol. The molecule has 6 heteroatoms. The molecule has 6 nitrogen and oxygen atoms in total. The zero-order valence-corrected chi connectivity index (χ0v) is 8.30. The first-order chi connectivity index (χ1) is 7.13. The molecule has 1 N–H and O–H groups in total. The first kappa shape index (κ1) is 11.2. The van der Waals surface area contributed by atoms with Crippen LogP contribution in [0.15, 0.2) is 4.63 Å². The van der Waals surface area contributed by atoms with Crippen LogP contribution >= 0.6 is 0 Å². The van der Waals surface area contributed by atoms with Crippen molar-refractivity contribution in [1.82, 2.24) is 15.2 Å². The number of carbonyl (C=O) groups is 1. The molecule has 0 atom stereocenters. The zero-order valence-electron chi connectivity index (χ0n) is 8.30. The van der Waals surface area contributed by atoms with Gasteiger partial charge in [0.25, 0.3) is 0 Å². The van der Waals surface area contributed by atoms with Crippen LogP contribution in [0.5, 0.6) is 0 Å². The molecule has 1 aromatic heterocycles. The number of carboxylic acid groups (broad SMARTS) is 1. The summed E-state index contributed by atoms with van der Waals surface area (Å²) in [5.74, 6) is 1.46. The van der Waals surface area contributed by atoms with E-state index in [1.54, 1.807) is 11.8 Å². The Morgan fingerprint density at radius 3 is 2.87 bits per heavy atom. The molecular formula is C9H11N3O3. The van der Waals surface area contributed by atoms with Crippen molar-refractivity contribution in [1.29, 1.82) is 0 Å². The molecule has 1 heterocycles. The molecule has 1 aromatic rings. The van der Waals surface area contributed by atoms with Gasteiger partial charge in [-0.15, -0.1) is 6.42 Å². The summed E-state index contributed by atoms with van der Waals surface area (Å²) in [5.41, 5.74) is 1.24. The topological polar surface area (TPSA) is 79.5 Å². The SMILES string of the molecule is C#CCN(CC(=O)O)Cc1nonc1C. The van der Waals surface area contributed by atoms with E-state index in [4.69, 9.17) is 11.5 Å². The zero-order chi connectivity index (χ0) is 11.3. The predicted octanol–water partition coefficient (Wildman–Crippen LogP) is -0.102. The van der Waals surface area contributed by atoms with Gasteiger partial charge in [-0.05, 0) is 6.92 Å². The third-order valence-corrected chi connectivity index (χ3v) is 1.79. The highest BCUT2D eigenvalue weighted by Gasteiger charge is 2.13. The number of aromatic nitrogens is 2. The molecule has 15 heavy (non-hydrogen) atoms. The lowest BCUT2D eigenvalue weighted by atomic mass is 10.3. The summed E-state index contributed by atoms with van der Waals surface area (Å²) in [7, 11) is 0. The smallest absolute Gasteiger partial charge is 0.317 e. The minimum absolute atomic E-state index is 0.128. The van der Waals surface area contributed by atoms with E-state index in [9.17, 15) is 4.79 Å². The second-order valence-corrected chi connectivity index (χ2v) is 3.04. The van der Waals surface area contributed by atoms with E-state index in [1.165, 1.54) is 0 Å². The van der Waals surface area contributed by atoms with Crippen LogP contribution in [0.3, 0.4) is 0 Å². The summed E-state index contributed by atoms with van der Waals surface area (Å²) in [6, 6.07) is 0. The normalized spacial score (nSPS) is 10.2. The molecule has 0 aliphatic heterocycles. The van der Waals surface area contributed by atoms with Gasteiger partial charge >= 0.3 is 5.97 Å². The Balaban J connectivity index is 2.63. The standard InChI is InChI=1S/C9H11N3O3/c1-3-4-12(6-9(13)14)5-8-7(2)10-15-11-8/h1H,4-6H2,2H3,(H,13,14). The Labute approximate surface area is 86.8 Å². The summed E-state index contributed by atoms with van der Waals surface area (Å²) in [6.07, 6.45) is 5.13. The van der Waals surface area contributed by atoms with E-state index in [-0.39, 0.29) is 13.1 Å². The molecule has 0 aromatic carbocycles. The van der Waals surface area contributed by atoms with Gasteiger partial charge in [0.1, 0.15) is 11.4 Å². The molecular weight excluding hydrogens is 198 g/mol. The van der Waals surface area contributed by atoms with Crippen molar-refractivity contribution in [3.8, 4) is 12.3 Å². The Bertz CT molecular complexity index is 380. The summed E-state index contributed by atoms with van der Waals surface area (Å²) < 4.78 is 4.50. The van der Waals surface area contributed by atoms with Crippen molar-refractivity contribution in [2.45, 2.75) is 13.5 Å². The molecule has 0 aliphatic rings. The summed E-state index contributed by atoms with van der Waals surface area (Å²) >= 11 is 0. The number of nitrogens with zero attached hydrogens (tertiary/aromatic N) is 3. The van der Waals surface area contributed by atoms with Gasteiger partial charge in [0, 0.05) is 6.54 Å². The van der Waals surface area contributed by atoms with Crippen LogP contribution in [0.25, 0.3) is 0 Å². The van der Waals surface area contributed by atoms with Gasteiger partial charge < -0.3 is 5.11 Å². The number of terminal acetylenes is 1. The highest BCUT2D eigenvalue weighted by atomic mass is 16.6. The third kappa shape index (κ3) is 3.40. The molecule has 0 saturated carbocycles. The fourth-order valence-electron chi connectivity index (χ4n) is 1.09. The molecule has 0 bridgehead atoms. The van der Waals surface area contributed by atoms with E-state index in [0.717, 1.165) is 0 Å².